The van der Waals surface area contributed by atoms with Crippen LogP contribution in [0.25, 0.3) is 0 Å². The highest BCUT2D eigenvalue weighted by Gasteiger charge is 2.20. The predicted molar refractivity (Wildman–Crippen MR) is 102 cm³/mol. The zero-order chi connectivity index (χ0) is 17.2. The summed E-state index contributed by atoms with van der Waals surface area (Å²) in [4.78, 5) is 11.3. The second kappa shape index (κ2) is 7.56. The van der Waals surface area contributed by atoms with Crippen LogP contribution in [0.3, 0.4) is 0 Å². The van der Waals surface area contributed by atoms with Crippen molar-refractivity contribution in [3.63, 3.8) is 0 Å². The van der Waals surface area contributed by atoms with E-state index >= 15 is 0 Å². The number of rotatable bonds is 5. The zero-order valence-electron chi connectivity index (χ0n) is 15.5. The lowest BCUT2D eigenvalue weighted by Gasteiger charge is -2.19. The molecule has 2 aromatic rings. The van der Waals surface area contributed by atoms with E-state index in [1.165, 1.54) is 59.3 Å². The number of aryl methyl sites for hydroxylation is 3. The van der Waals surface area contributed by atoms with Crippen LogP contribution < -0.4 is 0 Å². The number of fused-ring (bicyclic) bond motifs is 1. The standard InChI is InChI=1S/C19H29N5S/c1-3-18-19(25-15(2)20-18)14-23-9-6-10-24-17(13-23)11-16(21-24)12-22-7-4-5-8-22/h11H,3-10,12-14H2,1-2H3. The predicted octanol–water partition coefficient (Wildman–Crippen LogP) is 3.21. The van der Waals surface area contributed by atoms with E-state index in [4.69, 9.17) is 10.1 Å². The molecule has 0 radical (unpaired) electrons. The van der Waals surface area contributed by atoms with Crippen LogP contribution in [0, 0.1) is 6.92 Å². The Bertz CT molecular complexity index is 713. The van der Waals surface area contributed by atoms with Gasteiger partial charge in [-0.1, -0.05) is 6.92 Å². The van der Waals surface area contributed by atoms with Gasteiger partial charge in [0.1, 0.15) is 0 Å². The van der Waals surface area contributed by atoms with E-state index < -0.39 is 0 Å². The average Bonchev–Trinajstić information content (AvgIpc) is 3.27. The number of thiazole rings is 1. The second-order valence-electron chi connectivity index (χ2n) is 7.35. The van der Waals surface area contributed by atoms with E-state index in [1.54, 1.807) is 0 Å². The summed E-state index contributed by atoms with van der Waals surface area (Å²) >= 11 is 1.87. The number of likely N-dealkylation sites (tertiary alicyclic amines) is 1. The number of nitrogens with zero attached hydrogens (tertiary/aromatic N) is 5. The molecule has 136 valence electrons. The van der Waals surface area contributed by atoms with Crippen molar-refractivity contribution < 1.29 is 0 Å². The Hall–Kier alpha value is -1.24. The van der Waals surface area contributed by atoms with Crippen molar-refractivity contribution >= 4 is 11.3 Å². The summed E-state index contributed by atoms with van der Waals surface area (Å²) in [7, 11) is 0. The minimum Gasteiger partial charge on any atom is -0.297 e. The Morgan fingerprint density at radius 3 is 2.64 bits per heavy atom. The Balaban J connectivity index is 1.45. The van der Waals surface area contributed by atoms with Crippen molar-refractivity contribution in [3.05, 3.63) is 33.0 Å². The molecule has 0 spiro atoms. The van der Waals surface area contributed by atoms with Crippen LogP contribution in [0.4, 0.5) is 0 Å². The van der Waals surface area contributed by atoms with Crippen molar-refractivity contribution in [2.24, 2.45) is 0 Å². The Labute approximate surface area is 154 Å². The van der Waals surface area contributed by atoms with Gasteiger partial charge in [0.2, 0.25) is 0 Å². The molecule has 0 aliphatic carbocycles. The Morgan fingerprint density at radius 2 is 1.84 bits per heavy atom. The van der Waals surface area contributed by atoms with E-state index in [-0.39, 0.29) is 0 Å². The largest absolute Gasteiger partial charge is 0.297 e. The van der Waals surface area contributed by atoms with Crippen LogP contribution in [-0.2, 0) is 32.6 Å². The summed E-state index contributed by atoms with van der Waals surface area (Å²) in [6.45, 7) is 12.1. The molecule has 1 saturated heterocycles. The van der Waals surface area contributed by atoms with Gasteiger partial charge in [0, 0.05) is 37.6 Å². The number of aromatic nitrogens is 3. The molecule has 0 bridgehead atoms. The van der Waals surface area contributed by atoms with Crippen molar-refractivity contribution in [2.75, 3.05) is 19.6 Å². The first kappa shape index (κ1) is 17.2. The summed E-state index contributed by atoms with van der Waals surface area (Å²) in [6, 6.07) is 2.34. The van der Waals surface area contributed by atoms with Gasteiger partial charge in [-0.25, -0.2) is 4.98 Å². The van der Waals surface area contributed by atoms with Gasteiger partial charge in [-0.3, -0.25) is 14.5 Å². The summed E-state index contributed by atoms with van der Waals surface area (Å²) in [5, 5.41) is 6.09. The highest BCUT2D eigenvalue weighted by atomic mass is 32.1. The maximum Gasteiger partial charge on any atom is 0.0900 e. The van der Waals surface area contributed by atoms with Gasteiger partial charge in [-0.05, 0) is 51.8 Å². The summed E-state index contributed by atoms with van der Waals surface area (Å²) in [5.41, 5.74) is 3.92. The van der Waals surface area contributed by atoms with Crippen molar-refractivity contribution in [3.8, 4) is 0 Å². The minimum atomic E-state index is 1.01. The minimum absolute atomic E-state index is 1.01. The molecular weight excluding hydrogens is 330 g/mol. The van der Waals surface area contributed by atoms with Crippen LogP contribution in [0.15, 0.2) is 6.07 Å². The molecule has 25 heavy (non-hydrogen) atoms. The van der Waals surface area contributed by atoms with Crippen LogP contribution in [0.5, 0.6) is 0 Å². The third kappa shape index (κ3) is 3.96. The number of hydrogen-bond donors (Lipinski definition) is 0. The highest BCUT2D eigenvalue weighted by Crippen LogP contribution is 2.23. The van der Waals surface area contributed by atoms with Gasteiger partial charge < -0.3 is 0 Å². The monoisotopic (exact) mass is 359 g/mol. The van der Waals surface area contributed by atoms with E-state index in [0.717, 1.165) is 39.1 Å². The highest BCUT2D eigenvalue weighted by molar-refractivity contribution is 7.11. The first-order chi connectivity index (χ1) is 12.2. The van der Waals surface area contributed by atoms with Crippen molar-refractivity contribution in [1.29, 1.82) is 0 Å². The Morgan fingerprint density at radius 1 is 1.04 bits per heavy atom. The average molecular weight is 360 g/mol. The second-order valence-corrected chi connectivity index (χ2v) is 8.64. The molecule has 2 aliphatic heterocycles. The molecule has 2 aliphatic rings. The summed E-state index contributed by atoms with van der Waals surface area (Å²) < 4.78 is 2.25. The van der Waals surface area contributed by atoms with Gasteiger partial charge in [-0.2, -0.15) is 5.10 Å². The Kier molecular flexibility index (Phi) is 5.20. The fourth-order valence-corrected chi connectivity index (χ4v) is 5.15. The van der Waals surface area contributed by atoms with Crippen LogP contribution in [0.1, 0.15) is 53.2 Å². The summed E-state index contributed by atoms with van der Waals surface area (Å²) in [5.74, 6) is 0. The molecule has 0 aromatic carbocycles. The molecular formula is C19H29N5S. The molecule has 0 unspecified atom stereocenters. The van der Waals surface area contributed by atoms with E-state index in [2.05, 4.69) is 34.4 Å². The van der Waals surface area contributed by atoms with Crippen LogP contribution >= 0.6 is 11.3 Å². The SMILES string of the molecule is CCc1nc(C)sc1CN1CCCn2nc(CN3CCCC3)cc2C1. The molecule has 4 heterocycles. The van der Waals surface area contributed by atoms with E-state index in [9.17, 15) is 0 Å². The lowest BCUT2D eigenvalue weighted by atomic mass is 10.2. The van der Waals surface area contributed by atoms with Crippen molar-refractivity contribution in [1.82, 2.24) is 24.6 Å². The third-order valence-electron chi connectivity index (χ3n) is 5.32. The van der Waals surface area contributed by atoms with Gasteiger partial charge in [0.05, 0.1) is 22.1 Å². The molecule has 1 fully saturated rings. The van der Waals surface area contributed by atoms with Gasteiger partial charge in [0.15, 0.2) is 0 Å². The van der Waals surface area contributed by atoms with Crippen molar-refractivity contribution in [2.45, 2.75) is 65.7 Å². The first-order valence-corrected chi connectivity index (χ1v) is 10.5. The molecule has 0 saturated carbocycles. The van der Waals surface area contributed by atoms with Gasteiger partial charge in [-0.15, -0.1) is 11.3 Å². The van der Waals surface area contributed by atoms with Crippen LogP contribution in [0.2, 0.25) is 0 Å². The molecule has 0 amide bonds. The van der Waals surface area contributed by atoms with E-state index in [0.29, 0.717) is 0 Å². The number of hydrogen-bond acceptors (Lipinski definition) is 5. The normalized spacial score (nSPS) is 19.3. The lowest BCUT2D eigenvalue weighted by molar-refractivity contribution is 0.262. The topological polar surface area (TPSA) is 37.2 Å². The van der Waals surface area contributed by atoms with E-state index in [1.807, 2.05) is 11.3 Å². The van der Waals surface area contributed by atoms with Gasteiger partial charge in [0.25, 0.3) is 0 Å². The fraction of sp³-hybridized carbons (Fsp3) is 0.684. The molecule has 0 atom stereocenters. The smallest absolute Gasteiger partial charge is 0.0900 e. The lowest BCUT2D eigenvalue weighted by Crippen LogP contribution is -2.23. The molecule has 0 N–H and O–H groups in total. The van der Waals surface area contributed by atoms with Crippen LogP contribution in [-0.4, -0.2) is 44.2 Å². The molecule has 2 aromatic heterocycles. The third-order valence-corrected chi connectivity index (χ3v) is 6.31. The maximum absolute atomic E-state index is 4.89. The zero-order valence-corrected chi connectivity index (χ0v) is 16.3. The quantitative estimate of drug-likeness (QED) is 0.821. The molecule has 5 nitrogen and oxygen atoms in total. The fourth-order valence-electron chi connectivity index (χ4n) is 4.09. The van der Waals surface area contributed by atoms with Gasteiger partial charge >= 0.3 is 0 Å². The first-order valence-electron chi connectivity index (χ1n) is 9.66. The summed E-state index contributed by atoms with van der Waals surface area (Å²) in [6.07, 6.45) is 4.90. The maximum atomic E-state index is 4.89. The molecule has 4 rings (SSSR count). The molecule has 6 heteroatoms.